The molecule has 5 rings (SSSR count). The van der Waals surface area contributed by atoms with Crippen molar-refractivity contribution in [3.05, 3.63) is 119 Å². The monoisotopic (exact) mass is 670 g/mol. The van der Waals surface area contributed by atoms with Gasteiger partial charge in [-0.25, -0.2) is 0 Å². The lowest BCUT2D eigenvalue weighted by Crippen LogP contribution is -2.47. The van der Waals surface area contributed by atoms with Crippen molar-refractivity contribution in [3.63, 3.8) is 0 Å². The third kappa shape index (κ3) is 7.84. The molecule has 1 atom stereocenters. The molecule has 2 N–H and O–H groups in total. The zero-order chi connectivity index (χ0) is 34.6. The van der Waals surface area contributed by atoms with E-state index in [0.29, 0.717) is 44.0 Å². The van der Waals surface area contributed by atoms with Gasteiger partial charge in [0, 0.05) is 43.1 Å². The van der Waals surface area contributed by atoms with Crippen LogP contribution in [0.15, 0.2) is 91.0 Å². The molecule has 1 aliphatic heterocycles. The standard InChI is InChI=1S/C35H32F6N4O3/c1-22(23-8-4-3-5-9-23)42-33(47)28-21-27(43-32(46)24-18-25(34(36,37)38)20-26(19-24)35(39,40)41)12-13-29(28)44-14-16-45(17-15-44)30-10-6-7-11-31(30)48-2/h3-13,18-22H,14-17H2,1-2H3,(H,42,47)(H,43,46). The number of hydrogen-bond donors (Lipinski definition) is 2. The summed E-state index contributed by atoms with van der Waals surface area (Å²) in [7, 11) is 1.60. The third-order valence-corrected chi connectivity index (χ3v) is 8.04. The minimum Gasteiger partial charge on any atom is -0.495 e. The number of methoxy groups -OCH3 is 1. The van der Waals surface area contributed by atoms with E-state index in [1.165, 1.54) is 12.1 Å². The molecule has 2 amide bonds. The summed E-state index contributed by atoms with van der Waals surface area (Å²) >= 11 is 0. The molecule has 0 saturated carbocycles. The van der Waals surface area contributed by atoms with Gasteiger partial charge in [0.2, 0.25) is 0 Å². The molecule has 0 aromatic heterocycles. The first-order chi connectivity index (χ1) is 22.7. The number of nitrogens with zero attached hydrogens (tertiary/aromatic N) is 2. The lowest BCUT2D eigenvalue weighted by molar-refractivity contribution is -0.143. The maximum absolute atomic E-state index is 13.8. The van der Waals surface area contributed by atoms with Crippen LogP contribution in [0.1, 0.15) is 50.4 Å². The maximum atomic E-state index is 13.8. The maximum Gasteiger partial charge on any atom is 0.416 e. The quantitative estimate of drug-likeness (QED) is 0.187. The summed E-state index contributed by atoms with van der Waals surface area (Å²) < 4.78 is 86.0. The highest BCUT2D eigenvalue weighted by Gasteiger charge is 2.37. The van der Waals surface area contributed by atoms with Gasteiger partial charge < -0.3 is 25.2 Å². The Balaban J connectivity index is 1.44. The minimum atomic E-state index is -5.12. The van der Waals surface area contributed by atoms with Crippen LogP contribution < -0.4 is 25.2 Å². The molecule has 0 spiro atoms. The zero-order valence-corrected chi connectivity index (χ0v) is 26.0. The number of alkyl halides is 6. The lowest BCUT2D eigenvalue weighted by Gasteiger charge is -2.38. The summed E-state index contributed by atoms with van der Waals surface area (Å²) in [6, 6.07) is 21.5. The summed E-state index contributed by atoms with van der Waals surface area (Å²) in [5, 5.41) is 5.32. The van der Waals surface area contributed by atoms with E-state index in [2.05, 4.69) is 15.5 Å². The van der Waals surface area contributed by atoms with Crippen LogP contribution in [0.4, 0.5) is 43.4 Å². The highest BCUT2D eigenvalue weighted by atomic mass is 19.4. The number of benzene rings is 4. The third-order valence-electron chi connectivity index (χ3n) is 8.04. The van der Waals surface area contributed by atoms with Crippen molar-refractivity contribution in [1.29, 1.82) is 0 Å². The summed E-state index contributed by atoms with van der Waals surface area (Å²) in [6.07, 6.45) is -10.2. The summed E-state index contributed by atoms with van der Waals surface area (Å²) in [6.45, 7) is 4.02. The number of para-hydroxylation sites is 2. The van der Waals surface area contributed by atoms with Crippen molar-refractivity contribution < 1.29 is 40.7 Å². The molecule has 0 bridgehead atoms. The smallest absolute Gasteiger partial charge is 0.416 e. The first kappa shape index (κ1) is 34.1. The summed E-state index contributed by atoms with van der Waals surface area (Å²) in [4.78, 5) is 31.0. The van der Waals surface area contributed by atoms with Gasteiger partial charge in [-0.15, -0.1) is 0 Å². The van der Waals surface area contributed by atoms with E-state index in [1.54, 1.807) is 20.1 Å². The van der Waals surface area contributed by atoms with E-state index in [9.17, 15) is 35.9 Å². The fourth-order valence-corrected chi connectivity index (χ4v) is 5.54. The van der Waals surface area contributed by atoms with Gasteiger partial charge in [0.1, 0.15) is 5.75 Å². The topological polar surface area (TPSA) is 73.9 Å². The van der Waals surface area contributed by atoms with Crippen molar-refractivity contribution >= 4 is 28.9 Å². The number of halogens is 6. The van der Waals surface area contributed by atoms with Crippen molar-refractivity contribution in [1.82, 2.24) is 5.32 Å². The van der Waals surface area contributed by atoms with Crippen LogP contribution in [0, 0.1) is 0 Å². The minimum absolute atomic E-state index is 0.0138. The molecular weight excluding hydrogens is 638 g/mol. The fourth-order valence-electron chi connectivity index (χ4n) is 5.54. The van der Waals surface area contributed by atoms with Gasteiger partial charge in [-0.3, -0.25) is 9.59 Å². The number of ether oxygens (including phenoxy) is 1. The largest absolute Gasteiger partial charge is 0.495 e. The number of carbonyl (C=O) groups excluding carboxylic acids is 2. The second kappa shape index (κ2) is 13.9. The molecule has 7 nitrogen and oxygen atoms in total. The predicted octanol–water partition coefficient (Wildman–Crippen LogP) is 7.80. The lowest BCUT2D eigenvalue weighted by atomic mass is 10.0. The molecule has 252 valence electrons. The molecule has 4 aromatic carbocycles. The Morgan fingerprint density at radius 2 is 1.27 bits per heavy atom. The van der Waals surface area contributed by atoms with Gasteiger partial charge in [-0.2, -0.15) is 26.3 Å². The Morgan fingerprint density at radius 1 is 0.708 bits per heavy atom. The van der Waals surface area contributed by atoms with Gasteiger partial charge in [-0.1, -0.05) is 42.5 Å². The van der Waals surface area contributed by atoms with Crippen LogP contribution in [0.3, 0.4) is 0 Å². The molecule has 1 fully saturated rings. The van der Waals surface area contributed by atoms with Gasteiger partial charge in [-0.05, 0) is 61.0 Å². The van der Waals surface area contributed by atoms with E-state index < -0.39 is 46.9 Å². The van der Waals surface area contributed by atoms with Crippen LogP contribution in [0.5, 0.6) is 5.75 Å². The first-order valence-electron chi connectivity index (χ1n) is 15.0. The molecule has 0 radical (unpaired) electrons. The van der Waals surface area contributed by atoms with E-state index >= 15 is 0 Å². The van der Waals surface area contributed by atoms with Crippen LogP contribution in [0.25, 0.3) is 0 Å². The molecule has 1 aliphatic rings. The Hall–Kier alpha value is -5.20. The Labute approximate surface area is 273 Å². The van der Waals surface area contributed by atoms with E-state index in [-0.39, 0.29) is 17.3 Å². The predicted molar refractivity (Wildman–Crippen MR) is 171 cm³/mol. The summed E-state index contributed by atoms with van der Waals surface area (Å²) in [5.41, 5.74) is -1.56. The molecule has 1 saturated heterocycles. The molecule has 1 heterocycles. The van der Waals surface area contributed by atoms with E-state index in [4.69, 9.17) is 4.74 Å². The number of hydrogen-bond acceptors (Lipinski definition) is 5. The van der Waals surface area contributed by atoms with Gasteiger partial charge in [0.15, 0.2) is 0 Å². The average Bonchev–Trinajstić information content (AvgIpc) is 3.07. The van der Waals surface area contributed by atoms with Crippen molar-refractivity contribution in [2.45, 2.75) is 25.3 Å². The Bertz CT molecular complexity index is 1740. The first-order valence-corrected chi connectivity index (χ1v) is 15.0. The van der Waals surface area contributed by atoms with E-state index in [0.717, 1.165) is 17.0 Å². The number of anilines is 3. The Morgan fingerprint density at radius 3 is 1.85 bits per heavy atom. The van der Waals surface area contributed by atoms with Gasteiger partial charge in [0.25, 0.3) is 11.8 Å². The SMILES string of the molecule is COc1ccccc1N1CCN(c2ccc(NC(=O)c3cc(C(F)(F)F)cc(C(F)(F)F)c3)cc2C(=O)NC(C)c2ccccc2)CC1. The van der Waals surface area contributed by atoms with Crippen molar-refractivity contribution in [3.8, 4) is 5.75 Å². The second-order valence-corrected chi connectivity index (χ2v) is 11.2. The zero-order valence-electron chi connectivity index (χ0n) is 26.0. The van der Waals surface area contributed by atoms with Gasteiger partial charge >= 0.3 is 12.4 Å². The molecule has 0 aliphatic carbocycles. The number of piperazine rings is 1. The van der Waals surface area contributed by atoms with Crippen molar-refractivity contribution in [2.75, 3.05) is 48.4 Å². The van der Waals surface area contributed by atoms with E-state index in [1.807, 2.05) is 59.5 Å². The van der Waals surface area contributed by atoms with Crippen molar-refractivity contribution in [2.24, 2.45) is 0 Å². The highest BCUT2D eigenvalue weighted by Crippen LogP contribution is 2.37. The van der Waals surface area contributed by atoms with Crippen LogP contribution >= 0.6 is 0 Å². The number of nitrogens with one attached hydrogen (secondary N) is 2. The normalized spacial score (nSPS) is 14.3. The van der Waals surface area contributed by atoms with Gasteiger partial charge in [0.05, 0.1) is 35.5 Å². The molecule has 1 unspecified atom stereocenters. The highest BCUT2D eigenvalue weighted by molar-refractivity contribution is 6.06. The number of amides is 2. The summed E-state index contributed by atoms with van der Waals surface area (Å²) in [5.74, 6) is -0.957. The van der Waals surface area contributed by atoms with Crippen LogP contribution in [-0.4, -0.2) is 45.1 Å². The number of carbonyl (C=O) groups is 2. The number of rotatable bonds is 8. The molecular formula is C35H32F6N4O3. The average molecular weight is 671 g/mol. The molecule has 4 aromatic rings. The molecule has 13 heteroatoms. The fraction of sp³-hybridized carbons (Fsp3) is 0.257. The Kier molecular flexibility index (Phi) is 9.87. The molecule has 48 heavy (non-hydrogen) atoms. The second-order valence-electron chi connectivity index (χ2n) is 11.2. The van der Waals surface area contributed by atoms with Crippen LogP contribution in [0.2, 0.25) is 0 Å². The van der Waals surface area contributed by atoms with Crippen LogP contribution in [-0.2, 0) is 12.4 Å².